The van der Waals surface area contributed by atoms with Crippen molar-refractivity contribution >= 4 is 23.5 Å². The molecule has 2 heteroatoms. The van der Waals surface area contributed by atoms with Crippen LogP contribution < -0.4 is 0 Å². The van der Waals surface area contributed by atoms with E-state index in [1.807, 2.05) is 23.5 Å². The maximum absolute atomic E-state index is 2.18. The van der Waals surface area contributed by atoms with Gasteiger partial charge in [-0.1, -0.05) is 19.1 Å². The van der Waals surface area contributed by atoms with E-state index in [0.717, 1.165) is 5.75 Å². The highest BCUT2D eigenvalue weighted by Gasteiger charge is 1.97. The zero-order chi connectivity index (χ0) is 8.10. The molecular formula is C9H12S2. The molecule has 0 unspecified atom stereocenters. The Labute approximate surface area is 76.8 Å². The molecule has 0 N–H and O–H groups in total. The first-order valence-corrected chi connectivity index (χ1v) is 5.85. The van der Waals surface area contributed by atoms with E-state index in [1.54, 1.807) is 0 Å². The Kier molecular flexibility index (Phi) is 3.87. The summed E-state index contributed by atoms with van der Waals surface area (Å²) in [5, 5.41) is 0. The number of thioether (sulfide) groups is 2. The van der Waals surface area contributed by atoms with Gasteiger partial charge >= 0.3 is 0 Å². The molecule has 0 fully saturated rings. The first kappa shape index (κ1) is 9.01. The van der Waals surface area contributed by atoms with E-state index < -0.39 is 0 Å². The fourth-order valence-electron chi connectivity index (χ4n) is 0.894. The quantitative estimate of drug-likeness (QED) is 0.659. The largest absolute Gasteiger partial charge is 0.128 e. The monoisotopic (exact) mass is 184 g/mol. The maximum atomic E-state index is 2.18. The van der Waals surface area contributed by atoms with Gasteiger partial charge in [0.15, 0.2) is 0 Å². The van der Waals surface area contributed by atoms with Crippen LogP contribution in [0.4, 0.5) is 0 Å². The van der Waals surface area contributed by atoms with Crippen LogP contribution in [0.5, 0.6) is 0 Å². The van der Waals surface area contributed by atoms with Gasteiger partial charge in [-0.3, -0.25) is 0 Å². The van der Waals surface area contributed by atoms with Gasteiger partial charge < -0.3 is 0 Å². The molecular weight excluding hydrogens is 172 g/mol. The summed E-state index contributed by atoms with van der Waals surface area (Å²) in [7, 11) is 0. The van der Waals surface area contributed by atoms with Crippen molar-refractivity contribution in [1.82, 2.24) is 0 Å². The second kappa shape index (κ2) is 4.73. The van der Waals surface area contributed by atoms with E-state index in [4.69, 9.17) is 0 Å². The van der Waals surface area contributed by atoms with Gasteiger partial charge in [-0.2, -0.15) is 0 Å². The summed E-state index contributed by atoms with van der Waals surface area (Å²) in [6, 6.07) is 8.53. The highest BCUT2D eigenvalue weighted by molar-refractivity contribution is 8.02. The van der Waals surface area contributed by atoms with E-state index >= 15 is 0 Å². The fourth-order valence-corrected chi connectivity index (χ4v) is 2.50. The second-order valence-electron chi connectivity index (χ2n) is 2.08. The van der Waals surface area contributed by atoms with Gasteiger partial charge in [0.05, 0.1) is 0 Å². The van der Waals surface area contributed by atoms with Gasteiger partial charge in [0, 0.05) is 9.79 Å². The number of rotatable bonds is 3. The standard InChI is InChI=1S/C9H12S2/c1-3-11-9-7-5-4-6-8(9)10-2/h4-7H,3H2,1-2H3. The van der Waals surface area contributed by atoms with Gasteiger partial charge in [0.2, 0.25) is 0 Å². The normalized spacial score (nSPS) is 10.0. The van der Waals surface area contributed by atoms with Crippen molar-refractivity contribution in [3.05, 3.63) is 24.3 Å². The molecule has 0 radical (unpaired) electrons. The zero-order valence-corrected chi connectivity index (χ0v) is 8.47. The van der Waals surface area contributed by atoms with E-state index in [2.05, 4.69) is 37.4 Å². The van der Waals surface area contributed by atoms with Gasteiger partial charge in [-0.25, -0.2) is 0 Å². The molecule has 1 aromatic carbocycles. The molecule has 0 nitrogen and oxygen atoms in total. The highest BCUT2D eigenvalue weighted by atomic mass is 32.2. The van der Waals surface area contributed by atoms with E-state index in [1.165, 1.54) is 9.79 Å². The molecule has 0 amide bonds. The molecule has 60 valence electrons. The van der Waals surface area contributed by atoms with Crippen molar-refractivity contribution in [3.63, 3.8) is 0 Å². The lowest BCUT2D eigenvalue weighted by atomic mass is 10.4. The van der Waals surface area contributed by atoms with Gasteiger partial charge in [0.25, 0.3) is 0 Å². The van der Waals surface area contributed by atoms with Crippen molar-refractivity contribution in [2.45, 2.75) is 16.7 Å². The van der Waals surface area contributed by atoms with Crippen molar-refractivity contribution in [2.75, 3.05) is 12.0 Å². The maximum Gasteiger partial charge on any atom is 0.0208 e. The molecule has 0 saturated carbocycles. The summed E-state index contributed by atoms with van der Waals surface area (Å²) >= 11 is 3.72. The molecule has 0 aliphatic rings. The predicted molar refractivity (Wildman–Crippen MR) is 54.6 cm³/mol. The first-order valence-electron chi connectivity index (χ1n) is 3.64. The molecule has 0 aliphatic heterocycles. The van der Waals surface area contributed by atoms with Gasteiger partial charge in [-0.05, 0) is 24.1 Å². The third kappa shape index (κ3) is 2.46. The topological polar surface area (TPSA) is 0 Å². The van der Waals surface area contributed by atoms with E-state index in [9.17, 15) is 0 Å². The van der Waals surface area contributed by atoms with Crippen LogP contribution in [-0.2, 0) is 0 Å². The smallest absolute Gasteiger partial charge is 0.0208 e. The Morgan fingerprint density at radius 2 is 1.82 bits per heavy atom. The van der Waals surface area contributed by atoms with Gasteiger partial charge in [0.1, 0.15) is 0 Å². The Bertz CT molecular complexity index is 221. The lowest BCUT2D eigenvalue weighted by Crippen LogP contribution is -1.76. The van der Waals surface area contributed by atoms with Crippen LogP contribution in [0.3, 0.4) is 0 Å². The van der Waals surface area contributed by atoms with Crippen LogP contribution in [0.15, 0.2) is 34.1 Å². The number of hydrogen-bond donors (Lipinski definition) is 0. The Morgan fingerprint density at radius 1 is 1.18 bits per heavy atom. The Balaban J connectivity index is 2.83. The fraction of sp³-hybridized carbons (Fsp3) is 0.333. The first-order chi connectivity index (χ1) is 5.38. The minimum absolute atomic E-state index is 1.15. The summed E-state index contributed by atoms with van der Waals surface area (Å²) in [6.45, 7) is 2.18. The molecule has 0 bridgehead atoms. The van der Waals surface area contributed by atoms with Crippen LogP contribution in [0.2, 0.25) is 0 Å². The Morgan fingerprint density at radius 3 is 2.36 bits per heavy atom. The van der Waals surface area contributed by atoms with E-state index in [-0.39, 0.29) is 0 Å². The predicted octanol–water partition coefficient (Wildman–Crippen LogP) is 3.52. The summed E-state index contributed by atoms with van der Waals surface area (Å²) in [5.74, 6) is 1.15. The summed E-state index contributed by atoms with van der Waals surface area (Å²) in [4.78, 5) is 2.79. The molecule has 1 rings (SSSR count). The average molecular weight is 184 g/mol. The summed E-state index contributed by atoms with van der Waals surface area (Å²) < 4.78 is 0. The number of benzene rings is 1. The van der Waals surface area contributed by atoms with Crippen LogP contribution >= 0.6 is 23.5 Å². The average Bonchev–Trinajstić information content (AvgIpc) is 2.06. The Hall–Kier alpha value is -0.0800. The third-order valence-electron chi connectivity index (χ3n) is 1.37. The minimum Gasteiger partial charge on any atom is -0.128 e. The lowest BCUT2D eigenvalue weighted by molar-refractivity contribution is 1.25. The lowest BCUT2D eigenvalue weighted by Gasteiger charge is -2.03. The minimum atomic E-state index is 1.15. The van der Waals surface area contributed by atoms with Crippen molar-refractivity contribution in [3.8, 4) is 0 Å². The van der Waals surface area contributed by atoms with Crippen LogP contribution in [-0.4, -0.2) is 12.0 Å². The van der Waals surface area contributed by atoms with Gasteiger partial charge in [-0.15, -0.1) is 23.5 Å². The van der Waals surface area contributed by atoms with Crippen molar-refractivity contribution < 1.29 is 0 Å². The molecule has 0 atom stereocenters. The molecule has 11 heavy (non-hydrogen) atoms. The molecule has 0 spiro atoms. The zero-order valence-electron chi connectivity index (χ0n) is 6.83. The van der Waals surface area contributed by atoms with Crippen molar-refractivity contribution in [2.24, 2.45) is 0 Å². The molecule has 0 aromatic heterocycles. The molecule has 0 aliphatic carbocycles. The second-order valence-corrected chi connectivity index (χ2v) is 4.24. The van der Waals surface area contributed by atoms with Crippen LogP contribution in [0, 0.1) is 0 Å². The molecule has 0 saturated heterocycles. The SMILES string of the molecule is CCSc1ccccc1SC. The molecule has 0 heterocycles. The summed E-state index contributed by atoms with van der Waals surface area (Å²) in [6.07, 6.45) is 2.12. The molecule has 1 aromatic rings. The van der Waals surface area contributed by atoms with Crippen LogP contribution in [0.25, 0.3) is 0 Å². The highest BCUT2D eigenvalue weighted by Crippen LogP contribution is 2.28. The number of hydrogen-bond acceptors (Lipinski definition) is 2. The van der Waals surface area contributed by atoms with E-state index in [0.29, 0.717) is 0 Å². The van der Waals surface area contributed by atoms with Crippen LogP contribution in [0.1, 0.15) is 6.92 Å². The van der Waals surface area contributed by atoms with Crippen molar-refractivity contribution in [1.29, 1.82) is 0 Å². The third-order valence-corrected chi connectivity index (χ3v) is 3.25. The summed E-state index contributed by atoms with van der Waals surface area (Å²) in [5.41, 5.74) is 0.